The Bertz CT molecular complexity index is 906. The molecule has 5 heteroatoms. The molecule has 3 aromatic rings. The Balaban J connectivity index is 1.98. The molecular weight excluding hydrogens is 310 g/mol. The summed E-state index contributed by atoms with van der Waals surface area (Å²) in [7, 11) is 0. The molecule has 0 fully saturated rings. The largest absolute Gasteiger partial charge is 0.349 e. The molecule has 2 aromatic carbocycles. The molecule has 0 aliphatic rings. The van der Waals surface area contributed by atoms with Crippen LogP contribution in [0.15, 0.2) is 48.5 Å². The lowest BCUT2D eigenvalue weighted by Crippen LogP contribution is -2.23. The van der Waals surface area contributed by atoms with Crippen LogP contribution in [-0.4, -0.2) is 21.5 Å². The molecule has 126 valence electrons. The zero-order chi connectivity index (χ0) is 17.8. The van der Waals surface area contributed by atoms with Gasteiger partial charge in [0.05, 0.1) is 5.69 Å². The van der Waals surface area contributed by atoms with Crippen molar-refractivity contribution >= 4 is 5.82 Å². The van der Waals surface area contributed by atoms with Crippen LogP contribution in [0.1, 0.15) is 29.3 Å². The fourth-order valence-corrected chi connectivity index (χ4v) is 2.86. The minimum Gasteiger partial charge on any atom is -0.349 e. The molecule has 0 saturated carbocycles. The third-order valence-electron chi connectivity index (χ3n) is 4.17. The molecule has 0 radical (unpaired) electrons. The van der Waals surface area contributed by atoms with Gasteiger partial charge in [-0.3, -0.25) is 0 Å². The van der Waals surface area contributed by atoms with Crippen molar-refractivity contribution < 1.29 is 0 Å². The van der Waals surface area contributed by atoms with Gasteiger partial charge in [-0.25, -0.2) is 0 Å². The van der Waals surface area contributed by atoms with Gasteiger partial charge in [0, 0.05) is 13.1 Å². The molecule has 0 bridgehead atoms. The second-order valence-corrected chi connectivity index (χ2v) is 6.06. The third kappa shape index (κ3) is 3.53. The lowest BCUT2D eigenvalue weighted by Gasteiger charge is -2.20. The Labute approximate surface area is 148 Å². The highest BCUT2D eigenvalue weighted by Gasteiger charge is 2.18. The van der Waals surface area contributed by atoms with Gasteiger partial charge in [-0.2, -0.15) is 5.26 Å². The van der Waals surface area contributed by atoms with E-state index in [9.17, 15) is 5.26 Å². The van der Waals surface area contributed by atoms with Gasteiger partial charge in [-0.1, -0.05) is 48.0 Å². The average molecular weight is 331 g/mol. The van der Waals surface area contributed by atoms with Crippen LogP contribution in [0.25, 0.3) is 5.69 Å². The standard InChI is InChI=1S/C20H21N5/c1-4-24(14-17-8-6-5-7-9-17)20-18(13-21)22-25(23-20)19-11-10-15(2)12-16(19)3/h5-12H,4,14H2,1-3H3. The summed E-state index contributed by atoms with van der Waals surface area (Å²) in [6, 6.07) is 18.5. The summed E-state index contributed by atoms with van der Waals surface area (Å²) in [5, 5.41) is 18.5. The summed E-state index contributed by atoms with van der Waals surface area (Å²) < 4.78 is 0. The van der Waals surface area contributed by atoms with E-state index in [4.69, 9.17) is 0 Å². The summed E-state index contributed by atoms with van der Waals surface area (Å²) in [4.78, 5) is 3.64. The summed E-state index contributed by atoms with van der Waals surface area (Å²) in [5.74, 6) is 0.619. The molecule has 1 aromatic heterocycles. The Morgan fingerprint density at radius 1 is 1.08 bits per heavy atom. The maximum atomic E-state index is 9.51. The van der Waals surface area contributed by atoms with Crippen molar-refractivity contribution in [3.63, 3.8) is 0 Å². The first-order valence-corrected chi connectivity index (χ1v) is 8.36. The molecule has 0 aliphatic carbocycles. The molecule has 0 atom stereocenters. The van der Waals surface area contributed by atoms with Crippen molar-refractivity contribution in [1.82, 2.24) is 15.0 Å². The predicted molar refractivity (Wildman–Crippen MR) is 98.7 cm³/mol. The monoisotopic (exact) mass is 331 g/mol. The van der Waals surface area contributed by atoms with Crippen LogP contribution in [0.3, 0.4) is 0 Å². The summed E-state index contributed by atoms with van der Waals surface area (Å²) in [5.41, 5.74) is 4.68. The Morgan fingerprint density at radius 2 is 1.84 bits per heavy atom. The molecular formula is C20H21N5. The molecule has 0 amide bonds. The van der Waals surface area contributed by atoms with E-state index < -0.39 is 0 Å². The van der Waals surface area contributed by atoms with Crippen LogP contribution in [0.2, 0.25) is 0 Å². The smallest absolute Gasteiger partial charge is 0.207 e. The Hall–Kier alpha value is -3.13. The van der Waals surface area contributed by atoms with Gasteiger partial charge in [0.1, 0.15) is 6.07 Å². The maximum absolute atomic E-state index is 9.51. The number of nitriles is 1. The minimum atomic E-state index is 0.345. The fourth-order valence-electron chi connectivity index (χ4n) is 2.86. The molecule has 25 heavy (non-hydrogen) atoms. The molecule has 0 aliphatic heterocycles. The van der Waals surface area contributed by atoms with E-state index in [0.29, 0.717) is 18.1 Å². The molecule has 5 nitrogen and oxygen atoms in total. The normalized spacial score (nSPS) is 10.5. The second kappa shape index (κ2) is 7.18. The van der Waals surface area contributed by atoms with Crippen molar-refractivity contribution in [3.8, 4) is 11.8 Å². The van der Waals surface area contributed by atoms with Crippen molar-refractivity contribution in [2.45, 2.75) is 27.3 Å². The first kappa shape index (κ1) is 16.7. The van der Waals surface area contributed by atoms with Crippen LogP contribution in [0.4, 0.5) is 5.82 Å². The van der Waals surface area contributed by atoms with Crippen molar-refractivity contribution in [3.05, 3.63) is 70.9 Å². The highest BCUT2D eigenvalue weighted by molar-refractivity contribution is 5.51. The number of aryl methyl sites for hydroxylation is 2. The topological polar surface area (TPSA) is 57.7 Å². The quantitative estimate of drug-likeness (QED) is 0.714. The van der Waals surface area contributed by atoms with Gasteiger partial charge in [-0.15, -0.1) is 15.0 Å². The summed E-state index contributed by atoms with van der Waals surface area (Å²) in [6.45, 7) is 7.57. The summed E-state index contributed by atoms with van der Waals surface area (Å²) in [6.07, 6.45) is 0. The fraction of sp³-hybridized carbons (Fsp3) is 0.250. The van der Waals surface area contributed by atoms with Gasteiger partial charge in [0.25, 0.3) is 0 Å². The van der Waals surface area contributed by atoms with Crippen molar-refractivity contribution in [2.75, 3.05) is 11.4 Å². The zero-order valence-electron chi connectivity index (χ0n) is 14.8. The second-order valence-electron chi connectivity index (χ2n) is 6.06. The van der Waals surface area contributed by atoms with Crippen molar-refractivity contribution in [1.29, 1.82) is 5.26 Å². The average Bonchev–Trinajstić information content (AvgIpc) is 3.04. The number of aromatic nitrogens is 3. The summed E-state index contributed by atoms with van der Waals surface area (Å²) >= 11 is 0. The maximum Gasteiger partial charge on any atom is 0.207 e. The highest BCUT2D eigenvalue weighted by Crippen LogP contribution is 2.21. The van der Waals surface area contributed by atoms with E-state index in [1.165, 1.54) is 11.1 Å². The lowest BCUT2D eigenvalue weighted by molar-refractivity contribution is 0.729. The number of hydrogen-bond acceptors (Lipinski definition) is 4. The van der Waals surface area contributed by atoms with Crippen LogP contribution < -0.4 is 4.90 Å². The Kier molecular flexibility index (Phi) is 4.80. The van der Waals surface area contributed by atoms with Crippen LogP contribution in [0, 0.1) is 25.2 Å². The van der Waals surface area contributed by atoms with Crippen LogP contribution in [0.5, 0.6) is 0 Å². The number of benzene rings is 2. The van der Waals surface area contributed by atoms with Crippen LogP contribution in [-0.2, 0) is 6.54 Å². The predicted octanol–water partition coefficient (Wildman–Crippen LogP) is 3.78. The highest BCUT2D eigenvalue weighted by atomic mass is 15.5. The lowest BCUT2D eigenvalue weighted by atomic mass is 10.1. The third-order valence-corrected chi connectivity index (χ3v) is 4.17. The molecule has 0 spiro atoms. The first-order valence-electron chi connectivity index (χ1n) is 8.36. The molecule has 3 rings (SSSR count). The number of nitrogens with zero attached hydrogens (tertiary/aromatic N) is 5. The molecule has 0 unspecified atom stereocenters. The first-order chi connectivity index (χ1) is 12.1. The number of rotatable bonds is 5. The van der Waals surface area contributed by atoms with E-state index >= 15 is 0 Å². The van der Waals surface area contributed by atoms with Gasteiger partial charge < -0.3 is 4.90 Å². The molecule has 0 saturated heterocycles. The van der Waals surface area contributed by atoms with Gasteiger partial charge in [0.2, 0.25) is 5.69 Å². The zero-order valence-corrected chi connectivity index (χ0v) is 14.8. The van der Waals surface area contributed by atoms with E-state index in [1.54, 1.807) is 4.80 Å². The SMILES string of the molecule is CCN(Cc1ccccc1)c1nn(-c2ccc(C)cc2C)nc1C#N. The van der Waals surface area contributed by atoms with E-state index in [1.807, 2.05) is 37.3 Å². The van der Waals surface area contributed by atoms with Crippen molar-refractivity contribution in [2.24, 2.45) is 0 Å². The number of hydrogen-bond donors (Lipinski definition) is 0. The van der Waals surface area contributed by atoms with Gasteiger partial charge >= 0.3 is 0 Å². The van der Waals surface area contributed by atoms with E-state index in [2.05, 4.69) is 53.2 Å². The Morgan fingerprint density at radius 3 is 2.48 bits per heavy atom. The van der Waals surface area contributed by atoms with E-state index in [0.717, 1.165) is 17.8 Å². The van der Waals surface area contributed by atoms with Gasteiger partial charge in [-0.05, 0) is 38.0 Å². The number of anilines is 1. The molecule has 1 heterocycles. The van der Waals surface area contributed by atoms with Gasteiger partial charge in [0.15, 0.2) is 5.82 Å². The molecule has 0 N–H and O–H groups in total. The van der Waals surface area contributed by atoms with E-state index in [-0.39, 0.29) is 0 Å². The minimum absolute atomic E-state index is 0.345. The van der Waals surface area contributed by atoms with Crippen LogP contribution >= 0.6 is 0 Å².